The number of benzene rings is 1. The van der Waals surface area contributed by atoms with Gasteiger partial charge in [0.25, 0.3) is 0 Å². The number of hydrogen-bond donors (Lipinski definition) is 1. The van der Waals surface area contributed by atoms with Crippen molar-refractivity contribution < 1.29 is 4.74 Å². The monoisotopic (exact) mass is 233 g/mol. The highest BCUT2D eigenvalue weighted by atomic mass is 16.5. The number of nitrogens with one attached hydrogen (secondary N) is 1. The van der Waals surface area contributed by atoms with Gasteiger partial charge in [0.15, 0.2) is 0 Å². The highest BCUT2D eigenvalue weighted by Gasteiger charge is 2.14. The topological polar surface area (TPSA) is 21.3 Å². The van der Waals surface area contributed by atoms with Gasteiger partial charge in [0.2, 0.25) is 0 Å². The van der Waals surface area contributed by atoms with Crippen molar-refractivity contribution in [2.45, 2.75) is 44.8 Å². The molecule has 0 spiro atoms. The Morgan fingerprint density at radius 3 is 2.94 bits per heavy atom. The van der Waals surface area contributed by atoms with Crippen LogP contribution < -0.4 is 5.32 Å². The minimum atomic E-state index is 0.301. The maximum absolute atomic E-state index is 5.32. The lowest BCUT2D eigenvalue weighted by Crippen LogP contribution is -2.23. The SMILES string of the molecule is COC(C)Cc1cccc(CC2CCCN2)c1. The van der Waals surface area contributed by atoms with Crippen LogP contribution in [0.25, 0.3) is 0 Å². The van der Waals surface area contributed by atoms with Crippen LogP contribution in [0.1, 0.15) is 30.9 Å². The summed E-state index contributed by atoms with van der Waals surface area (Å²) >= 11 is 0. The summed E-state index contributed by atoms with van der Waals surface area (Å²) in [5.74, 6) is 0. The molecular weight excluding hydrogens is 210 g/mol. The van der Waals surface area contributed by atoms with Gasteiger partial charge in [-0.25, -0.2) is 0 Å². The highest BCUT2D eigenvalue weighted by molar-refractivity contribution is 5.25. The van der Waals surface area contributed by atoms with E-state index < -0.39 is 0 Å². The molecular formula is C15H23NO. The number of rotatable bonds is 5. The molecule has 2 rings (SSSR count). The number of ether oxygens (including phenoxy) is 1. The molecule has 0 bridgehead atoms. The molecule has 17 heavy (non-hydrogen) atoms. The van der Waals surface area contributed by atoms with Gasteiger partial charge in [0, 0.05) is 13.2 Å². The van der Waals surface area contributed by atoms with E-state index in [1.807, 2.05) is 0 Å². The van der Waals surface area contributed by atoms with Crippen LogP contribution in [0.5, 0.6) is 0 Å². The Balaban J connectivity index is 1.95. The van der Waals surface area contributed by atoms with Gasteiger partial charge in [-0.15, -0.1) is 0 Å². The van der Waals surface area contributed by atoms with E-state index in [2.05, 4.69) is 36.5 Å². The number of methoxy groups -OCH3 is 1. The summed E-state index contributed by atoms with van der Waals surface area (Å²) in [5.41, 5.74) is 2.83. The van der Waals surface area contributed by atoms with Gasteiger partial charge in [0.05, 0.1) is 6.10 Å². The van der Waals surface area contributed by atoms with E-state index in [-0.39, 0.29) is 0 Å². The van der Waals surface area contributed by atoms with Crippen molar-refractivity contribution in [3.8, 4) is 0 Å². The Bertz CT molecular complexity index is 345. The maximum Gasteiger partial charge on any atom is 0.0583 e. The molecule has 0 amide bonds. The summed E-state index contributed by atoms with van der Waals surface area (Å²) in [4.78, 5) is 0. The van der Waals surface area contributed by atoms with E-state index in [0.29, 0.717) is 12.1 Å². The molecule has 1 aromatic carbocycles. The molecule has 1 heterocycles. The Morgan fingerprint density at radius 2 is 2.24 bits per heavy atom. The fraction of sp³-hybridized carbons (Fsp3) is 0.600. The lowest BCUT2D eigenvalue weighted by Gasteiger charge is -2.13. The molecule has 2 unspecified atom stereocenters. The van der Waals surface area contributed by atoms with E-state index >= 15 is 0 Å². The molecule has 1 N–H and O–H groups in total. The predicted molar refractivity (Wildman–Crippen MR) is 71.3 cm³/mol. The molecule has 1 aromatic rings. The third-order valence-electron chi connectivity index (χ3n) is 3.56. The molecule has 0 radical (unpaired) electrons. The second-order valence-electron chi connectivity index (χ2n) is 5.07. The van der Waals surface area contributed by atoms with E-state index in [9.17, 15) is 0 Å². The second kappa shape index (κ2) is 6.18. The minimum Gasteiger partial charge on any atom is -0.381 e. The van der Waals surface area contributed by atoms with Gasteiger partial charge in [-0.05, 0) is 50.3 Å². The van der Waals surface area contributed by atoms with Crippen molar-refractivity contribution in [3.63, 3.8) is 0 Å². The summed E-state index contributed by atoms with van der Waals surface area (Å²) in [7, 11) is 1.77. The first-order valence-electron chi connectivity index (χ1n) is 6.62. The molecule has 1 aliphatic heterocycles. The van der Waals surface area contributed by atoms with Crippen molar-refractivity contribution in [2.24, 2.45) is 0 Å². The lowest BCUT2D eigenvalue weighted by atomic mass is 10.0. The summed E-state index contributed by atoms with van der Waals surface area (Å²) in [5, 5.41) is 3.55. The average Bonchev–Trinajstić information content (AvgIpc) is 2.82. The Labute approximate surface area is 104 Å². The van der Waals surface area contributed by atoms with Crippen LogP contribution in [0.15, 0.2) is 24.3 Å². The fourth-order valence-corrected chi connectivity index (χ4v) is 2.51. The Hall–Kier alpha value is -0.860. The quantitative estimate of drug-likeness (QED) is 0.844. The smallest absolute Gasteiger partial charge is 0.0583 e. The van der Waals surface area contributed by atoms with Gasteiger partial charge >= 0.3 is 0 Å². The maximum atomic E-state index is 5.32. The van der Waals surface area contributed by atoms with E-state index in [1.165, 1.54) is 30.5 Å². The van der Waals surface area contributed by atoms with Crippen molar-refractivity contribution >= 4 is 0 Å². The molecule has 1 saturated heterocycles. The van der Waals surface area contributed by atoms with Gasteiger partial charge in [0.1, 0.15) is 0 Å². The zero-order valence-corrected chi connectivity index (χ0v) is 10.9. The van der Waals surface area contributed by atoms with Crippen LogP contribution in [-0.2, 0) is 17.6 Å². The molecule has 0 saturated carbocycles. The normalized spacial score (nSPS) is 21.6. The first kappa shape index (κ1) is 12.6. The van der Waals surface area contributed by atoms with E-state index in [4.69, 9.17) is 4.74 Å². The third-order valence-corrected chi connectivity index (χ3v) is 3.56. The van der Waals surface area contributed by atoms with Crippen molar-refractivity contribution in [1.29, 1.82) is 0 Å². The molecule has 2 atom stereocenters. The van der Waals surface area contributed by atoms with Gasteiger partial charge in [-0.3, -0.25) is 0 Å². The first-order valence-corrected chi connectivity index (χ1v) is 6.62. The molecule has 1 fully saturated rings. The van der Waals surface area contributed by atoms with Gasteiger partial charge in [-0.2, -0.15) is 0 Å². The largest absolute Gasteiger partial charge is 0.381 e. The first-order chi connectivity index (χ1) is 8.28. The summed E-state index contributed by atoms with van der Waals surface area (Å²) in [6, 6.07) is 9.62. The summed E-state index contributed by atoms with van der Waals surface area (Å²) < 4.78 is 5.32. The molecule has 2 heteroatoms. The average molecular weight is 233 g/mol. The van der Waals surface area contributed by atoms with E-state index in [1.54, 1.807) is 7.11 Å². The fourth-order valence-electron chi connectivity index (χ4n) is 2.51. The highest BCUT2D eigenvalue weighted by Crippen LogP contribution is 2.14. The Kier molecular flexibility index (Phi) is 4.57. The zero-order chi connectivity index (χ0) is 12.1. The van der Waals surface area contributed by atoms with Crippen LogP contribution in [-0.4, -0.2) is 25.8 Å². The lowest BCUT2D eigenvalue weighted by molar-refractivity contribution is 0.119. The number of hydrogen-bond acceptors (Lipinski definition) is 2. The van der Waals surface area contributed by atoms with Crippen LogP contribution >= 0.6 is 0 Å². The Morgan fingerprint density at radius 1 is 1.41 bits per heavy atom. The van der Waals surface area contributed by atoms with Crippen LogP contribution in [0, 0.1) is 0 Å². The molecule has 0 aliphatic carbocycles. The summed E-state index contributed by atoms with van der Waals surface area (Å²) in [6.07, 6.45) is 5.11. The predicted octanol–water partition coefficient (Wildman–Crippen LogP) is 2.56. The van der Waals surface area contributed by atoms with Gasteiger partial charge < -0.3 is 10.1 Å². The molecule has 1 aliphatic rings. The third kappa shape index (κ3) is 3.83. The van der Waals surface area contributed by atoms with Crippen molar-refractivity contribution in [3.05, 3.63) is 35.4 Å². The minimum absolute atomic E-state index is 0.301. The molecule has 94 valence electrons. The molecule has 2 nitrogen and oxygen atoms in total. The van der Waals surface area contributed by atoms with Gasteiger partial charge in [-0.1, -0.05) is 24.3 Å². The van der Waals surface area contributed by atoms with Crippen LogP contribution in [0.3, 0.4) is 0 Å². The second-order valence-corrected chi connectivity index (χ2v) is 5.07. The van der Waals surface area contributed by atoms with Crippen molar-refractivity contribution in [1.82, 2.24) is 5.32 Å². The summed E-state index contributed by atoms with van der Waals surface area (Å²) in [6.45, 7) is 3.30. The van der Waals surface area contributed by atoms with E-state index in [0.717, 1.165) is 12.8 Å². The zero-order valence-electron chi connectivity index (χ0n) is 10.9. The van der Waals surface area contributed by atoms with Crippen molar-refractivity contribution in [2.75, 3.05) is 13.7 Å². The standard InChI is InChI=1S/C15H23NO/c1-12(17-2)9-13-5-3-6-14(10-13)11-15-7-4-8-16-15/h3,5-6,10,12,15-16H,4,7-9,11H2,1-2H3. The molecule has 0 aromatic heterocycles. The van der Waals surface area contributed by atoms with Crippen LogP contribution in [0.4, 0.5) is 0 Å². The van der Waals surface area contributed by atoms with Crippen LogP contribution in [0.2, 0.25) is 0 Å².